The van der Waals surface area contributed by atoms with Crippen molar-refractivity contribution in [2.75, 3.05) is 11.9 Å². The van der Waals surface area contributed by atoms with Gasteiger partial charge in [0.2, 0.25) is 5.82 Å². The molecular formula is C14H24N4O3. The molecule has 118 valence electrons. The first kappa shape index (κ1) is 15.8. The SMILES string of the molecule is CCOC1CC(Nc2c([N+](=O)[O-])c(C)nn2CC)C1(C)C. The number of hydrogen-bond donors (Lipinski definition) is 1. The van der Waals surface area contributed by atoms with E-state index >= 15 is 0 Å². The normalized spacial score (nSPS) is 23.7. The van der Waals surface area contributed by atoms with Gasteiger partial charge in [-0.1, -0.05) is 13.8 Å². The van der Waals surface area contributed by atoms with Crippen LogP contribution in [-0.4, -0.2) is 33.5 Å². The van der Waals surface area contributed by atoms with Gasteiger partial charge in [-0.3, -0.25) is 10.1 Å². The molecule has 1 fully saturated rings. The summed E-state index contributed by atoms with van der Waals surface area (Å²) in [4.78, 5) is 10.9. The lowest BCUT2D eigenvalue weighted by Gasteiger charge is -2.51. The fourth-order valence-electron chi connectivity index (χ4n) is 2.94. The molecule has 1 heterocycles. The van der Waals surface area contributed by atoms with Crippen molar-refractivity contribution in [3.8, 4) is 0 Å². The number of aryl methyl sites for hydroxylation is 2. The van der Waals surface area contributed by atoms with Crippen molar-refractivity contribution in [3.05, 3.63) is 15.8 Å². The highest BCUT2D eigenvalue weighted by molar-refractivity contribution is 5.60. The number of nitro groups is 1. The molecule has 0 saturated heterocycles. The van der Waals surface area contributed by atoms with Gasteiger partial charge in [-0.2, -0.15) is 5.10 Å². The molecule has 1 saturated carbocycles. The van der Waals surface area contributed by atoms with Gasteiger partial charge in [0.25, 0.3) is 0 Å². The lowest BCUT2D eigenvalue weighted by Crippen LogP contribution is -2.58. The van der Waals surface area contributed by atoms with E-state index in [2.05, 4.69) is 24.3 Å². The van der Waals surface area contributed by atoms with Gasteiger partial charge in [0.05, 0.1) is 11.0 Å². The molecule has 7 heteroatoms. The third-order valence-electron chi connectivity index (χ3n) is 4.43. The Morgan fingerprint density at radius 3 is 2.67 bits per heavy atom. The van der Waals surface area contributed by atoms with Crippen molar-refractivity contribution in [1.82, 2.24) is 9.78 Å². The molecule has 0 amide bonds. The zero-order chi connectivity index (χ0) is 15.8. The predicted octanol–water partition coefficient (Wildman–Crippen LogP) is 2.74. The van der Waals surface area contributed by atoms with Gasteiger partial charge in [0.1, 0.15) is 5.69 Å². The standard InChI is InChI=1S/C14H24N4O3/c1-6-17-13(12(18(19)20)9(3)16-17)15-10-8-11(21-7-2)14(10,4)5/h10-11,15H,6-8H2,1-5H3. The zero-order valence-corrected chi connectivity index (χ0v) is 13.3. The van der Waals surface area contributed by atoms with Crippen molar-refractivity contribution in [2.24, 2.45) is 5.41 Å². The number of rotatable bonds is 6. The minimum atomic E-state index is -0.359. The average molecular weight is 296 g/mol. The van der Waals surface area contributed by atoms with E-state index in [9.17, 15) is 10.1 Å². The number of aromatic nitrogens is 2. The summed E-state index contributed by atoms with van der Waals surface area (Å²) in [7, 11) is 0. The summed E-state index contributed by atoms with van der Waals surface area (Å²) in [5.74, 6) is 0.507. The smallest absolute Gasteiger partial charge is 0.333 e. The molecule has 0 radical (unpaired) electrons. The average Bonchev–Trinajstić information content (AvgIpc) is 2.73. The van der Waals surface area contributed by atoms with Gasteiger partial charge in [-0.05, 0) is 27.2 Å². The molecule has 21 heavy (non-hydrogen) atoms. The first-order valence-corrected chi connectivity index (χ1v) is 7.42. The highest BCUT2D eigenvalue weighted by atomic mass is 16.6. The monoisotopic (exact) mass is 296 g/mol. The van der Waals surface area contributed by atoms with Crippen LogP contribution in [0.1, 0.15) is 39.8 Å². The maximum atomic E-state index is 11.3. The van der Waals surface area contributed by atoms with Crippen molar-refractivity contribution in [2.45, 2.75) is 59.7 Å². The largest absolute Gasteiger partial charge is 0.378 e. The maximum Gasteiger partial charge on any atom is 0.333 e. The summed E-state index contributed by atoms with van der Waals surface area (Å²) in [6.45, 7) is 11.1. The second-order valence-corrected chi connectivity index (χ2v) is 6.05. The number of ether oxygens (including phenoxy) is 1. The van der Waals surface area contributed by atoms with Gasteiger partial charge in [0, 0.05) is 24.6 Å². The number of nitrogens with zero attached hydrogens (tertiary/aromatic N) is 3. The fraction of sp³-hybridized carbons (Fsp3) is 0.786. The Hall–Kier alpha value is -1.63. The first-order valence-electron chi connectivity index (χ1n) is 7.42. The maximum absolute atomic E-state index is 11.3. The van der Waals surface area contributed by atoms with Crippen LogP contribution >= 0.6 is 0 Å². The Labute approximate surface area is 124 Å². The van der Waals surface area contributed by atoms with E-state index in [1.54, 1.807) is 11.6 Å². The topological polar surface area (TPSA) is 82.2 Å². The highest BCUT2D eigenvalue weighted by Gasteiger charge is 2.49. The molecule has 2 atom stereocenters. The van der Waals surface area contributed by atoms with Crippen molar-refractivity contribution in [1.29, 1.82) is 0 Å². The Morgan fingerprint density at radius 1 is 1.52 bits per heavy atom. The minimum absolute atomic E-state index is 0.0549. The summed E-state index contributed by atoms with van der Waals surface area (Å²) in [6.07, 6.45) is 1.05. The van der Waals surface area contributed by atoms with E-state index in [1.807, 2.05) is 13.8 Å². The molecule has 1 aliphatic carbocycles. The lowest BCUT2D eigenvalue weighted by molar-refractivity contribution is -0.384. The highest BCUT2D eigenvalue weighted by Crippen LogP contribution is 2.45. The van der Waals surface area contributed by atoms with Gasteiger partial charge >= 0.3 is 5.69 Å². The van der Waals surface area contributed by atoms with Crippen LogP contribution in [0.3, 0.4) is 0 Å². The molecule has 1 N–H and O–H groups in total. The predicted molar refractivity (Wildman–Crippen MR) is 80.5 cm³/mol. The summed E-state index contributed by atoms with van der Waals surface area (Å²) < 4.78 is 7.37. The molecule has 0 aromatic carbocycles. The van der Waals surface area contributed by atoms with E-state index in [0.717, 1.165) is 6.42 Å². The van der Waals surface area contributed by atoms with Crippen LogP contribution in [0.4, 0.5) is 11.5 Å². The lowest BCUT2D eigenvalue weighted by atomic mass is 9.64. The molecule has 2 unspecified atom stereocenters. The van der Waals surface area contributed by atoms with Crippen LogP contribution in [0.25, 0.3) is 0 Å². The third kappa shape index (κ3) is 2.62. The van der Waals surface area contributed by atoms with Crippen LogP contribution in [0.5, 0.6) is 0 Å². The molecule has 7 nitrogen and oxygen atoms in total. The summed E-state index contributed by atoms with van der Waals surface area (Å²) >= 11 is 0. The van der Waals surface area contributed by atoms with E-state index in [1.165, 1.54) is 0 Å². The van der Waals surface area contributed by atoms with Crippen LogP contribution in [0.15, 0.2) is 0 Å². The first-order chi connectivity index (χ1) is 9.82. The van der Waals surface area contributed by atoms with E-state index in [4.69, 9.17) is 4.74 Å². The molecule has 1 aliphatic rings. The Bertz CT molecular complexity index is 539. The molecule has 0 aliphatic heterocycles. The molecule has 1 aromatic heterocycles. The van der Waals surface area contributed by atoms with Gasteiger partial charge in [-0.25, -0.2) is 4.68 Å². The fourth-order valence-corrected chi connectivity index (χ4v) is 2.94. The van der Waals surface area contributed by atoms with Crippen LogP contribution in [-0.2, 0) is 11.3 Å². The minimum Gasteiger partial charge on any atom is -0.378 e. The molecular weight excluding hydrogens is 272 g/mol. The Balaban J connectivity index is 2.23. The number of hydrogen-bond acceptors (Lipinski definition) is 5. The summed E-state index contributed by atoms with van der Waals surface area (Å²) in [5, 5.41) is 18.8. The van der Waals surface area contributed by atoms with E-state index < -0.39 is 0 Å². The third-order valence-corrected chi connectivity index (χ3v) is 4.43. The Kier molecular flexibility index (Phi) is 4.22. The second kappa shape index (κ2) is 5.63. The zero-order valence-electron chi connectivity index (χ0n) is 13.3. The molecule has 1 aromatic rings. The van der Waals surface area contributed by atoms with Crippen LogP contribution in [0, 0.1) is 22.5 Å². The summed E-state index contributed by atoms with van der Waals surface area (Å²) in [6, 6.07) is 0.147. The van der Waals surface area contributed by atoms with Crippen molar-refractivity contribution in [3.63, 3.8) is 0 Å². The van der Waals surface area contributed by atoms with E-state index in [0.29, 0.717) is 24.7 Å². The molecule has 0 bridgehead atoms. The number of nitrogens with one attached hydrogen (secondary N) is 1. The second-order valence-electron chi connectivity index (χ2n) is 6.05. The van der Waals surface area contributed by atoms with Gasteiger partial charge in [0.15, 0.2) is 0 Å². The quantitative estimate of drug-likeness (QED) is 0.644. The van der Waals surface area contributed by atoms with Crippen molar-refractivity contribution < 1.29 is 9.66 Å². The van der Waals surface area contributed by atoms with Gasteiger partial charge in [-0.15, -0.1) is 0 Å². The molecule has 2 rings (SSSR count). The van der Waals surface area contributed by atoms with Gasteiger partial charge < -0.3 is 10.1 Å². The summed E-state index contributed by atoms with van der Waals surface area (Å²) in [5.41, 5.74) is 0.469. The molecule has 0 spiro atoms. The van der Waals surface area contributed by atoms with Crippen LogP contribution < -0.4 is 5.32 Å². The Morgan fingerprint density at radius 2 is 2.19 bits per heavy atom. The van der Waals surface area contributed by atoms with Crippen molar-refractivity contribution >= 4 is 11.5 Å². The number of anilines is 1. The van der Waals surface area contributed by atoms with E-state index in [-0.39, 0.29) is 28.2 Å². The van der Waals surface area contributed by atoms with Crippen LogP contribution in [0.2, 0.25) is 0 Å².